The molecule has 110 valence electrons. The lowest BCUT2D eigenvalue weighted by molar-refractivity contribution is -0.0389. The summed E-state index contributed by atoms with van der Waals surface area (Å²) in [6, 6.07) is 0. The molecule has 0 radical (unpaired) electrons. The SMILES string of the molecule is O=NC[C@H]1O[C@@H](n2c(I)c(Br)c(=O)[nH]c2=O)C(O)C1O. The Kier molecular flexibility index (Phi) is 4.73. The van der Waals surface area contributed by atoms with Crippen LogP contribution in [0.5, 0.6) is 0 Å². The molecule has 1 aromatic heterocycles. The van der Waals surface area contributed by atoms with E-state index in [9.17, 15) is 24.7 Å². The Hall–Kier alpha value is -0.630. The van der Waals surface area contributed by atoms with E-state index >= 15 is 0 Å². The van der Waals surface area contributed by atoms with Crippen molar-refractivity contribution < 1.29 is 14.9 Å². The molecule has 3 N–H and O–H groups in total. The molecule has 11 heteroatoms. The van der Waals surface area contributed by atoms with Crippen molar-refractivity contribution in [3.8, 4) is 0 Å². The molecule has 2 rings (SSSR count). The maximum absolute atomic E-state index is 11.8. The highest BCUT2D eigenvalue weighted by atomic mass is 127. The normalized spacial score (nSPS) is 29.6. The molecule has 0 aromatic carbocycles. The van der Waals surface area contributed by atoms with Crippen LogP contribution in [0, 0.1) is 8.61 Å². The zero-order valence-corrected chi connectivity index (χ0v) is 13.4. The number of hydrogen-bond donors (Lipinski definition) is 3. The molecule has 1 fully saturated rings. The van der Waals surface area contributed by atoms with Crippen LogP contribution in [-0.2, 0) is 4.74 Å². The zero-order valence-electron chi connectivity index (χ0n) is 9.69. The first kappa shape index (κ1) is 15.8. The summed E-state index contributed by atoms with van der Waals surface area (Å²) < 4.78 is 6.58. The summed E-state index contributed by atoms with van der Waals surface area (Å²) in [6.45, 7) is -0.357. The first-order valence-corrected chi connectivity index (χ1v) is 7.26. The van der Waals surface area contributed by atoms with Gasteiger partial charge < -0.3 is 14.9 Å². The number of hydrogen-bond acceptors (Lipinski definition) is 7. The van der Waals surface area contributed by atoms with Crippen LogP contribution in [-0.4, -0.2) is 44.6 Å². The van der Waals surface area contributed by atoms with Crippen molar-refractivity contribution in [3.63, 3.8) is 0 Å². The van der Waals surface area contributed by atoms with E-state index in [-0.39, 0.29) is 14.7 Å². The van der Waals surface area contributed by atoms with Gasteiger partial charge in [-0.05, 0) is 38.5 Å². The minimum absolute atomic E-state index is 0.0972. The van der Waals surface area contributed by atoms with Crippen LogP contribution in [0.3, 0.4) is 0 Å². The summed E-state index contributed by atoms with van der Waals surface area (Å²) in [4.78, 5) is 35.5. The lowest BCUT2D eigenvalue weighted by atomic mass is 10.1. The number of nitroso groups, excluding NO2 is 1. The van der Waals surface area contributed by atoms with Crippen LogP contribution >= 0.6 is 38.5 Å². The standard InChI is InChI=1S/C9H9BrIN3O6/c10-3-6(11)14(9(18)13-7(3)17)8-5(16)4(15)2(20-8)1-12-19/h2,4-5,8,15-16H,1H2,(H,13,17,18)/t2-,4?,5?,8-/m1/s1. The number of aromatic amines is 1. The number of aromatic nitrogens is 2. The van der Waals surface area contributed by atoms with Crippen LogP contribution < -0.4 is 11.2 Å². The number of aliphatic hydroxyl groups is 2. The minimum atomic E-state index is -1.43. The van der Waals surface area contributed by atoms with Crippen LogP contribution in [0.4, 0.5) is 0 Å². The Bertz CT molecular complexity index is 646. The van der Waals surface area contributed by atoms with Gasteiger partial charge in [-0.3, -0.25) is 14.3 Å². The number of aliphatic hydroxyl groups excluding tert-OH is 2. The third-order valence-corrected chi connectivity index (χ3v) is 5.41. The van der Waals surface area contributed by atoms with Gasteiger partial charge in [0.25, 0.3) is 5.56 Å². The lowest BCUT2D eigenvalue weighted by Gasteiger charge is -2.19. The third kappa shape index (κ3) is 2.59. The summed E-state index contributed by atoms with van der Waals surface area (Å²) in [7, 11) is 0. The molecule has 0 bridgehead atoms. The number of nitrogens with one attached hydrogen (secondary N) is 1. The smallest absolute Gasteiger partial charge is 0.331 e. The second-order valence-corrected chi connectivity index (χ2v) is 5.91. The van der Waals surface area contributed by atoms with Gasteiger partial charge in [-0.25, -0.2) is 4.79 Å². The molecule has 4 atom stereocenters. The van der Waals surface area contributed by atoms with Crippen LogP contribution in [0.25, 0.3) is 0 Å². The largest absolute Gasteiger partial charge is 0.387 e. The summed E-state index contributed by atoms with van der Waals surface area (Å²) in [6.07, 6.45) is -5.01. The maximum Gasteiger partial charge on any atom is 0.331 e. The Morgan fingerprint density at radius 1 is 1.40 bits per heavy atom. The van der Waals surface area contributed by atoms with Gasteiger partial charge in [-0.1, -0.05) is 5.18 Å². The molecule has 0 amide bonds. The van der Waals surface area contributed by atoms with E-state index in [1.807, 2.05) is 4.98 Å². The van der Waals surface area contributed by atoms with E-state index in [4.69, 9.17) is 4.74 Å². The summed E-state index contributed by atoms with van der Waals surface area (Å²) >= 11 is 4.74. The average Bonchev–Trinajstić information content (AvgIpc) is 2.66. The second-order valence-electron chi connectivity index (χ2n) is 4.09. The molecule has 1 aliphatic heterocycles. The Balaban J connectivity index is 2.48. The highest BCUT2D eigenvalue weighted by Gasteiger charge is 2.45. The fourth-order valence-electron chi connectivity index (χ4n) is 1.89. The number of H-pyrrole nitrogens is 1. The van der Waals surface area contributed by atoms with Crippen molar-refractivity contribution >= 4 is 38.5 Å². The molecule has 0 saturated carbocycles. The van der Waals surface area contributed by atoms with E-state index in [2.05, 4.69) is 21.1 Å². The molecule has 1 aromatic rings. The predicted molar refractivity (Wildman–Crippen MR) is 78.3 cm³/mol. The number of halogens is 2. The van der Waals surface area contributed by atoms with Crippen molar-refractivity contribution in [1.82, 2.24) is 9.55 Å². The summed E-state index contributed by atoms with van der Waals surface area (Å²) in [5.74, 6) is 0. The lowest BCUT2D eigenvalue weighted by Crippen LogP contribution is -2.40. The second kappa shape index (κ2) is 6.01. The summed E-state index contributed by atoms with van der Waals surface area (Å²) in [5, 5.41) is 22.3. The maximum atomic E-state index is 11.8. The number of ether oxygens (including phenoxy) is 1. The topological polar surface area (TPSA) is 134 Å². The van der Waals surface area contributed by atoms with E-state index < -0.39 is 35.8 Å². The zero-order chi connectivity index (χ0) is 15.0. The monoisotopic (exact) mass is 461 g/mol. The van der Waals surface area contributed by atoms with E-state index in [1.165, 1.54) is 0 Å². The van der Waals surface area contributed by atoms with Crippen molar-refractivity contribution in [2.75, 3.05) is 6.54 Å². The highest BCUT2D eigenvalue weighted by molar-refractivity contribution is 14.1. The highest BCUT2D eigenvalue weighted by Crippen LogP contribution is 2.30. The number of nitrogens with zero attached hydrogens (tertiary/aromatic N) is 2. The first-order valence-electron chi connectivity index (χ1n) is 5.39. The molecule has 0 aliphatic carbocycles. The molecule has 0 spiro atoms. The van der Waals surface area contributed by atoms with Crippen molar-refractivity contribution in [2.45, 2.75) is 24.5 Å². The molecular weight excluding hydrogens is 453 g/mol. The van der Waals surface area contributed by atoms with Gasteiger partial charge in [0, 0.05) is 0 Å². The van der Waals surface area contributed by atoms with E-state index in [1.54, 1.807) is 22.6 Å². The Morgan fingerprint density at radius 2 is 2.05 bits per heavy atom. The third-order valence-electron chi connectivity index (χ3n) is 2.88. The Morgan fingerprint density at radius 3 is 2.65 bits per heavy atom. The summed E-state index contributed by atoms with van der Waals surface area (Å²) in [5.41, 5.74) is -1.41. The quantitative estimate of drug-likeness (QED) is 0.309. The molecule has 2 heterocycles. The van der Waals surface area contributed by atoms with E-state index in [0.29, 0.717) is 0 Å². The van der Waals surface area contributed by atoms with Gasteiger partial charge in [0.2, 0.25) is 0 Å². The molecule has 20 heavy (non-hydrogen) atoms. The van der Waals surface area contributed by atoms with Gasteiger partial charge in [0.05, 0.1) is 0 Å². The fourth-order valence-corrected chi connectivity index (χ4v) is 2.92. The molecule has 1 saturated heterocycles. The number of rotatable bonds is 3. The van der Waals surface area contributed by atoms with Crippen LogP contribution in [0.1, 0.15) is 6.23 Å². The van der Waals surface area contributed by atoms with Crippen LogP contribution in [0.15, 0.2) is 19.2 Å². The van der Waals surface area contributed by atoms with Crippen molar-refractivity contribution in [1.29, 1.82) is 0 Å². The molecule has 2 unspecified atom stereocenters. The van der Waals surface area contributed by atoms with Crippen molar-refractivity contribution in [3.05, 3.63) is 33.9 Å². The van der Waals surface area contributed by atoms with E-state index in [0.717, 1.165) is 4.57 Å². The van der Waals surface area contributed by atoms with Crippen molar-refractivity contribution in [2.24, 2.45) is 5.18 Å². The van der Waals surface area contributed by atoms with Gasteiger partial charge in [-0.2, -0.15) is 4.91 Å². The predicted octanol–water partition coefficient (Wildman–Crippen LogP) is -0.711. The van der Waals surface area contributed by atoms with Gasteiger partial charge in [0.1, 0.15) is 33.0 Å². The van der Waals surface area contributed by atoms with Gasteiger partial charge in [0.15, 0.2) is 6.23 Å². The fraction of sp³-hybridized carbons (Fsp3) is 0.556. The first-order chi connectivity index (χ1) is 9.38. The Labute approximate surface area is 133 Å². The molecule has 9 nitrogen and oxygen atoms in total. The molecular formula is C9H9BrIN3O6. The average molecular weight is 462 g/mol. The minimum Gasteiger partial charge on any atom is -0.387 e. The molecule has 1 aliphatic rings. The van der Waals surface area contributed by atoms with Crippen LogP contribution in [0.2, 0.25) is 0 Å². The van der Waals surface area contributed by atoms with Gasteiger partial charge >= 0.3 is 5.69 Å². The van der Waals surface area contributed by atoms with Gasteiger partial charge in [-0.15, -0.1) is 0 Å².